The molecule has 206 valence electrons. The lowest BCUT2D eigenvalue weighted by Gasteiger charge is -2.42. The van der Waals surface area contributed by atoms with Gasteiger partial charge in [-0.2, -0.15) is 0 Å². The van der Waals surface area contributed by atoms with Gasteiger partial charge in [-0.15, -0.1) is 0 Å². The van der Waals surface area contributed by atoms with Crippen LogP contribution in [0.2, 0.25) is 5.02 Å². The molecular formula is C26H30ClF2N3O5S. The zero-order chi connectivity index (χ0) is 27.4. The van der Waals surface area contributed by atoms with Gasteiger partial charge in [-0.3, -0.25) is 9.10 Å². The Kier molecular flexibility index (Phi) is 8.77. The Bertz CT molecular complexity index is 1270. The standard InChI is InChI=1S/C26H30ClF2N3O5S/c1-2-37-25(33)18-11-14-30(15-12-18)26(34)31-13-3-4-21(17-31)32(24-16-20(28)7-10-23(24)29)38(35,36)22-8-5-19(27)6-9-22/h5-10,16,18,21H,2-4,11-15,17H2,1H3. The van der Waals surface area contributed by atoms with Crippen LogP contribution in [0.25, 0.3) is 0 Å². The van der Waals surface area contributed by atoms with E-state index in [1.165, 1.54) is 24.3 Å². The van der Waals surface area contributed by atoms with Crippen LogP contribution in [-0.4, -0.2) is 69.0 Å². The van der Waals surface area contributed by atoms with Crippen LogP contribution in [0.5, 0.6) is 0 Å². The Morgan fingerprint density at radius 1 is 1.03 bits per heavy atom. The second-order valence-corrected chi connectivity index (χ2v) is 11.6. The highest BCUT2D eigenvalue weighted by molar-refractivity contribution is 7.92. The van der Waals surface area contributed by atoms with Crippen molar-refractivity contribution in [3.8, 4) is 0 Å². The SMILES string of the molecule is CCOC(=O)C1CCN(C(=O)N2CCCC(N(c3cc(F)ccc3F)S(=O)(=O)c3ccc(Cl)cc3)C2)CC1. The summed E-state index contributed by atoms with van der Waals surface area (Å²) in [6.07, 6.45) is 1.78. The Morgan fingerprint density at radius 2 is 1.71 bits per heavy atom. The molecule has 2 aliphatic heterocycles. The highest BCUT2D eigenvalue weighted by Gasteiger charge is 2.39. The topological polar surface area (TPSA) is 87.2 Å². The number of anilines is 1. The average Bonchev–Trinajstić information content (AvgIpc) is 2.91. The van der Waals surface area contributed by atoms with Crippen LogP contribution < -0.4 is 4.31 Å². The fourth-order valence-electron chi connectivity index (χ4n) is 4.98. The van der Waals surface area contributed by atoms with Crippen LogP contribution in [0.1, 0.15) is 32.6 Å². The number of carbonyl (C=O) groups excluding carboxylic acids is 2. The summed E-state index contributed by atoms with van der Waals surface area (Å²) in [5.74, 6) is -2.21. The van der Waals surface area contributed by atoms with Gasteiger partial charge in [0.05, 0.1) is 29.1 Å². The monoisotopic (exact) mass is 569 g/mol. The molecule has 0 aromatic heterocycles. The number of sulfonamides is 1. The highest BCUT2D eigenvalue weighted by Crippen LogP contribution is 2.33. The first-order chi connectivity index (χ1) is 18.1. The normalized spacial score (nSPS) is 18.8. The fourth-order valence-corrected chi connectivity index (χ4v) is 6.78. The smallest absolute Gasteiger partial charge is 0.320 e. The molecule has 0 saturated carbocycles. The number of carbonyl (C=O) groups is 2. The third kappa shape index (κ3) is 6.04. The largest absolute Gasteiger partial charge is 0.466 e. The van der Waals surface area contributed by atoms with Gasteiger partial charge < -0.3 is 14.5 Å². The van der Waals surface area contributed by atoms with Gasteiger partial charge in [0.1, 0.15) is 11.6 Å². The third-order valence-electron chi connectivity index (χ3n) is 6.90. The molecule has 2 saturated heterocycles. The van der Waals surface area contributed by atoms with E-state index in [0.717, 1.165) is 22.5 Å². The second-order valence-electron chi connectivity index (χ2n) is 9.39. The number of ether oxygens (including phenoxy) is 1. The number of halogens is 3. The minimum atomic E-state index is -4.34. The number of nitrogens with zero attached hydrogens (tertiary/aromatic N) is 3. The number of amides is 2. The number of rotatable bonds is 6. The molecule has 4 rings (SSSR count). The van der Waals surface area contributed by atoms with Crippen LogP contribution in [0.4, 0.5) is 19.3 Å². The number of likely N-dealkylation sites (tertiary alicyclic amines) is 2. The zero-order valence-electron chi connectivity index (χ0n) is 21.0. The maximum Gasteiger partial charge on any atom is 0.320 e. The molecule has 8 nitrogen and oxygen atoms in total. The quantitative estimate of drug-likeness (QED) is 0.472. The maximum atomic E-state index is 15.0. The Hall–Kier alpha value is -2.92. The van der Waals surface area contributed by atoms with E-state index in [0.29, 0.717) is 56.9 Å². The number of hydrogen-bond acceptors (Lipinski definition) is 5. The van der Waals surface area contributed by atoms with E-state index >= 15 is 0 Å². The number of benzene rings is 2. The maximum absolute atomic E-state index is 15.0. The summed E-state index contributed by atoms with van der Waals surface area (Å²) in [6, 6.07) is 6.97. The van der Waals surface area contributed by atoms with Crippen molar-refractivity contribution in [3.05, 3.63) is 59.1 Å². The first-order valence-corrected chi connectivity index (χ1v) is 14.4. The number of urea groups is 1. The van der Waals surface area contributed by atoms with Crippen molar-refractivity contribution in [1.82, 2.24) is 9.80 Å². The molecule has 2 heterocycles. The predicted octanol–water partition coefficient (Wildman–Crippen LogP) is 4.67. The second kappa shape index (κ2) is 11.9. The number of hydrogen-bond donors (Lipinski definition) is 0. The summed E-state index contributed by atoms with van der Waals surface area (Å²) >= 11 is 5.93. The molecular weight excluding hydrogens is 540 g/mol. The Balaban J connectivity index is 1.58. The molecule has 0 spiro atoms. The average molecular weight is 570 g/mol. The van der Waals surface area contributed by atoms with Gasteiger partial charge in [0.2, 0.25) is 0 Å². The minimum absolute atomic E-state index is 0.000584. The molecule has 0 aliphatic carbocycles. The van der Waals surface area contributed by atoms with E-state index < -0.39 is 33.4 Å². The van der Waals surface area contributed by atoms with Gasteiger partial charge in [0, 0.05) is 37.3 Å². The molecule has 0 bridgehead atoms. The van der Waals surface area contributed by atoms with Crippen LogP contribution in [0.15, 0.2) is 47.4 Å². The summed E-state index contributed by atoms with van der Waals surface area (Å²) in [7, 11) is -4.34. The Labute approximate surface area is 226 Å². The third-order valence-corrected chi connectivity index (χ3v) is 9.03. The molecule has 2 amide bonds. The number of piperidine rings is 2. The van der Waals surface area contributed by atoms with Crippen molar-refractivity contribution in [1.29, 1.82) is 0 Å². The molecule has 12 heteroatoms. The molecule has 2 aromatic rings. The first-order valence-electron chi connectivity index (χ1n) is 12.6. The van der Waals surface area contributed by atoms with E-state index in [1.54, 1.807) is 16.7 Å². The molecule has 0 N–H and O–H groups in total. The van der Waals surface area contributed by atoms with Crippen molar-refractivity contribution in [2.45, 2.75) is 43.5 Å². The van der Waals surface area contributed by atoms with Gasteiger partial charge in [-0.05, 0) is 69.0 Å². The van der Waals surface area contributed by atoms with Crippen molar-refractivity contribution in [2.24, 2.45) is 5.92 Å². The van der Waals surface area contributed by atoms with E-state index in [-0.39, 0.29) is 29.4 Å². The van der Waals surface area contributed by atoms with Gasteiger partial charge in [-0.1, -0.05) is 11.6 Å². The van der Waals surface area contributed by atoms with Gasteiger partial charge in [0.25, 0.3) is 10.0 Å². The van der Waals surface area contributed by atoms with Crippen molar-refractivity contribution >= 4 is 39.3 Å². The molecule has 1 unspecified atom stereocenters. The molecule has 0 radical (unpaired) electrons. The number of esters is 1. The molecule has 38 heavy (non-hydrogen) atoms. The molecule has 1 atom stereocenters. The van der Waals surface area contributed by atoms with Gasteiger partial charge in [-0.25, -0.2) is 22.0 Å². The van der Waals surface area contributed by atoms with E-state index in [4.69, 9.17) is 16.3 Å². The molecule has 2 aromatic carbocycles. The summed E-state index contributed by atoms with van der Waals surface area (Å²) in [5.41, 5.74) is -0.422. The lowest BCUT2D eigenvalue weighted by molar-refractivity contribution is -0.149. The van der Waals surface area contributed by atoms with Gasteiger partial charge >= 0.3 is 12.0 Å². The highest BCUT2D eigenvalue weighted by atomic mass is 35.5. The van der Waals surface area contributed by atoms with E-state index in [9.17, 15) is 26.8 Å². The zero-order valence-corrected chi connectivity index (χ0v) is 22.6. The summed E-state index contributed by atoms with van der Waals surface area (Å²) in [4.78, 5) is 28.5. The van der Waals surface area contributed by atoms with Gasteiger partial charge in [0.15, 0.2) is 0 Å². The lowest BCUT2D eigenvalue weighted by Crippen LogP contribution is -2.55. The summed E-state index contributed by atoms with van der Waals surface area (Å²) in [6.45, 7) is 3.18. The predicted molar refractivity (Wildman–Crippen MR) is 138 cm³/mol. The lowest BCUT2D eigenvalue weighted by atomic mass is 9.97. The fraction of sp³-hybridized carbons (Fsp3) is 0.462. The summed E-state index contributed by atoms with van der Waals surface area (Å²) < 4.78 is 62.7. The van der Waals surface area contributed by atoms with E-state index in [2.05, 4.69) is 0 Å². The van der Waals surface area contributed by atoms with E-state index in [1.807, 2.05) is 0 Å². The van der Waals surface area contributed by atoms with Crippen LogP contribution in [0.3, 0.4) is 0 Å². The van der Waals surface area contributed by atoms with Crippen molar-refractivity contribution in [3.63, 3.8) is 0 Å². The van der Waals surface area contributed by atoms with Crippen LogP contribution in [0, 0.1) is 17.6 Å². The van der Waals surface area contributed by atoms with Crippen molar-refractivity contribution < 1.29 is 31.5 Å². The molecule has 2 aliphatic rings. The Morgan fingerprint density at radius 3 is 2.37 bits per heavy atom. The van der Waals surface area contributed by atoms with Crippen molar-refractivity contribution in [2.75, 3.05) is 37.1 Å². The minimum Gasteiger partial charge on any atom is -0.466 e. The summed E-state index contributed by atoms with van der Waals surface area (Å²) in [5, 5.41) is 0.327. The molecule has 2 fully saturated rings. The van der Waals surface area contributed by atoms with Crippen LogP contribution in [-0.2, 0) is 19.6 Å². The first kappa shape index (κ1) is 28.1. The van der Waals surface area contributed by atoms with Crippen LogP contribution >= 0.6 is 11.6 Å².